The van der Waals surface area contributed by atoms with Crippen LogP contribution < -0.4 is 15.8 Å². The Labute approximate surface area is 128 Å². The van der Waals surface area contributed by atoms with E-state index < -0.39 is 0 Å². The predicted molar refractivity (Wildman–Crippen MR) is 83.8 cm³/mol. The first kappa shape index (κ1) is 15.1. The summed E-state index contributed by atoms with van der Waals surface area (Å²) in [5, 5.41) is 2.97. The van der Waals surface area contributed by atoms with E-state index in [-0.39, 0.29) is 16.7 Å². The van der Waals surface area contributed by atoms with E-state index in [9.17, 15) is 4.79 Å². The van der Waals surface area contributed by atoms with Crippen LogP contribution >= 0.6 is 11.6 Å². The molecule has 0 aliphatic carbocycles. The van der Waals surface area contributed by atoms with Gasteiger partial charge in [-0.15, -0.1) is 0 Å². The molecular weight excluding hydrogens is 290 g/mol. The molecule has 3 N–H and O–H groups in total. The van der Waals surface area contributed by atoms with Crippen LogP contribution in [0.1, 0.15) is 23.7 Å². The van der Waals surface area contributed by atoms with Crippen LogP contribution in [0.2, 0.25) is 5.15 Å². The molecule has 0 radical (unpaired) electrons. The molecular formula is C15H16ClN3O2. The number of nitrogen functional groups attached to an aromatic ring is 1. The second kappa shape index (κ2) is 6.95. The van der Waals surface area contributed by atoms with Crippen LogP contribution in [-0.2, 0) is 0 Å². The minimum Gasteiger partial charge on any atom is -0.494 e. The summed E-state index contributed by atoms with van der Waals surface area (Å²) in [6.07, 6.45) is 2.31. The van der Waals surface area contributed by atoms with Gasteiger partial charge in [0, 0.05) is 5.69 Å². The third-order valence-corrected chi connectivity index (χ3v) is 2.94. The highest BCUT2D eigenvalue weighted by Crippen LogP contribution is 2.19. The van der Waals surface area contributed by atoms with Crippen molar-refractivity contribution in [3.05, 3.63) is 47.2 Å². The quantitative estimate of drug-likeness (QED) is 0.830. The zero-order valence-corrected chi connectivity index (χ0v) is 12.4. The lowest BCUT2D eigenvalue weighted by atomic mass is 10.2. The molecule has 0 saturated carbocycles. The minimum absolute atomic E-state index is 0.220. The molecule has 1 aromatic heterocycles. The SMILES string of the molecule is CCCOc1ccc(NC(=O)c2cc(Cl)ncc2N)cc1. The zero-order valence-electron chi connectivity index (χ0n) is 11.6. The van der Waals surface area contributed by atoms with Crippen LogP contribution in [0.5, 0.6) is 5.75 Å². The fourth-order valence-corrected chi connectivity index (χ4v) is 1.85. The first-order valence-electron chi connectivity index (χ1n) is 6.55. The number of anilines is 2. The van der Waals surface area contributed by atoms with Crippen molar-refractivity contribution in [2.24, 2.45) is 0 Å². The number of benzene rings is 1. The molecule has 0 atom stereocenters. The number of carbonyl (C=O) groups excluding carboxylic acids is 1. The number of pyridine rings is 1. The van der Waals surface area contributed by atoms with Crippen molar-refractivity contribution in [2.75, 3.05) is 17.7 Å². The van der Waals surface area contributed by atoms with Crippen molar-refractivity contribution in [1.29, 1.82) is 0 Å². The van der Waals surface area contributed by atoms with Gasteiger partial charge < -0.3 is 15.8 Å². The van der Waals surface area contributed by atoms with Crippen LogP contribution in [0.3, 0.4) is 0 Å². The lowest BCUT2D eigenvalue weighted by molar-refractivity contribution is 0.102. The van der Waals surface area contributed by atoms with E-state index in [4.69, 9.17) is 22.1 Å². The van der Waals surface area contributed by atoms with Gasteiger partial charge in [0.25, 0.3) is 5.91 Å². The maximum absolute atomic E-state index is 12.1. The number of aromatic nitrogens is 1. The lowest BCUT2D eigenvalue weighted by Crippen LogP contribution is -2.14. The highest BCUT2D eigenvalue weighted by molar-refractivity contribution is 6.30. The van der Waals surface area contributed by atoms with Crippen molar-refractivity contribution in [2.45, 2.75) is 13.3 Å². The number of halogens is 1. The van der Waals surface area contributed by atoms with E-state index in [1.54, 1.807) is 24.3 Å². The molecule has 110 valence electrons. The van der Waals surface area contributed by atoms with Crippen LogP contribution in [0.4, 0.5) is 11.4 Å². The van der Waals surface area contributed by atoms with E-state index in [2.05, 4.69) is 10.3 Å². The Hall–Kier alpha value is -2.27. The van der Waals surface area contributed by atoms with E-state index in [0.717, 1.165) is 12.2 Å². The van der Waals surface area contributed by atoms with Gasteiger partial charge in [0.05, 0.1) is 24.1 Å². The maximum Gasteiger partial charge on any atom is 0.257 e. The molecule has 6 heteroatoms. The number of amides is 1. The fraction of sp³-hybridized carbons (Fsp3) is 0.200. The molecule has 2 aromatic rings. The fourth-order valence-electron chi connectivity index (χ4n) is 1.69. The van der Waals surface area contributed by atoms with Gasteiger partial charge in [0.1, 0.15) is 10.9 Å². The molecule has 0 bridgehead atoms. The van der Waals surface area contributed by atoms with Gasteiger partial charge in [-0.2, -0.15) is 0 Å². The largest absolute Gasteiger partial charge is 0.494 e. The molecule has 0 aliphatic rings. The number of hydrogen-bond donors (Lipinski definition) is 2. The van der Waals surface area contributed by atoms with Gasteiger partial charge in [0.15, 0.2) is 0 Å². The Kier molecular flexibility index (Phi) is 5.00. The summed E-state index contributed by atoms with van der Waals surface area (Å²) >= 11 is 5.77. The highest BCUT2D eigenvalue weighted by Gasteiger charge is 2.11. The van der Waals surface area contributed by atoms with Crippen molar-refractivity contribution in [3.8, 4) is 5.75 Å². The zero-order chi connectivity index (χ0) is 15.2. The van der Waals surface area contributed by atoms with Crippen LogP contribution in [0, 0.1) is 0 Å². The number of nitrogens with two attached hydrogens (primary N) is 1. The predicted octanol–water partition coefficient (Wildman–Crippen LogP) is 3.36. The average molecular weight is 306 g/mol. The van der Waals surface area contributed by atoms with Gasteiger partial charge in [0.2, 0.25) is 0 Å². The van der Waals surface area contributed by atoms with Crippen LogP contribution in [0.15, 0.2) is 36.5 Å². The highest BCUT2D eigenvalue weighted by atomic mass is 35.5. The monoisotopic (exact) mass is 305 g/mol. The minimum atomic E-state index is -0.334. The van der Waals surface area contributed by atoms with E-state index in [0.29, 0.717) is 17.9 Å². The Morgan fingerprint density at radius 1 is 1.38 bits per heavy atom. The third-order valence-electron chi connectivity index (χ3n) is 2.73. The molecule has 0 aliphatic heterocycles. The summed E-state index contributed by atoms with van der Waals surface area (Å²) in [7, 11) is 0. The standard InChI is InChI=1S/C15H16ClN3O2/c1-2-7-21-11-5-3-10(4-6-11)19-15(20)12-8-14(16)18-9-13(12)17/h3-6,8-9H,2,7,17H2,1H3,(H,19,20). The second-order valence-corrected chi connectivity index (χ2v) is 4.81. The molecule has 1 aromatic carbocycles. The normalized spacial score (nSPS) is 10.2. The summed E-state index contributed by atoms with van der Waals surface area (Å²) in [6.45, 7) is 2.70. The van der Waals surface area contributed by atoms with E-state index >= 15 is 0 Å². The van der Waals surface area contributed by atoms with Gasteiger partial charge in [-0.3, -0.25) is 4.79 Å². The molecule has 0 spiro atoms. The Bertz CT molecular complexity index is 629. The number of carbonyl (C=O) groups is 1. The molecule has 0 fully saturated rings. The Morgan fingerprint density at radius 3 is 2.76 bits per heavy atom. The molecule has 21 heavy (non-hydrogen) atoms. The number of ether oxygens (including phenoxy) is 1. The van der Waals surface area contributed by atoms with Crippen molar-refractivity contribution in [1.82, 2.24) is 4.98 Å². The molecule has 1 heterocycles. The van der Waals surface area contributed by atoms with Gasteiger partial charge in [-0.1, -0.05) is 18.5 Å². The number of rotatable bonds is 5. The number of nitrogens with one attached hydrogen (secondary N) is 1. The van der Waals surface area contributed by atoms with Crippen LogP contribution in [0.25, 0.3) is 0 Å². The van der Waals surface area contributed by atoms with E-state index in [1.807, 2.05) is 6.92 Å². The van der Waals surface area contributed by atoms with E-state index in [1.165, 1.54) is 12.3 Å². The summed E-state index contributed by atoms with van der Waals surface area (Å²) < 4.78 is 5.48. The molecule has 2 rings (SSSR count). The van der Waals surface area contributed by atoms with Gasteiger partial charge >= 0.3 is 0 Å². The third kappa shape index (κ3) is 4.10. The summed E-state index contributed by atoms with van der Waals surface area (Å²) in [5.74, 6) is 0.431. The lowest BCUT2D eigenvalue weighted by Gasteiger charge is -2.09. The molecule has 0 saturated heterocycles. The second-order valence-electron chi connectivity index (χ2n) is 4.42. The maximum atomic E-state index is 12.1. The van der Waals surface area contributed by atoms with Crippen LogP contribution in [-0.4, -0.2) is 17.5 Å². The van der Waals surface area contributed by atoms with Gasteiger partial charge in [-0.25, -0.2) is 4.98 Å². The smallest absolute Gasteiger partial charge is 0.257 e. The molecule has 5 nitrogen and oxygen atoms in total. The summed E-state index contributed by atoms with van der Waals surface area (Å²) in [4.78, 5) is 15.9. The first-order valence-corrected chi connectivity index (χ1v) is 6.93. The topological polar surface area (TPSA) is 77.2 Å². The van der Waals surface area contributed by atoms with Crippen molar-refractivity contribution in [3.63, 3.8) is 0 Å². The average Bonchev–Trinajstić information content (AvgIpc) is 2.49. The van der Waals surface area contributed by atoms with Crippen molar-refractivity contribution >= 4 is 28.9 Å². The molecule has 1 amide bonds. The van der Waals surface area contributed by atoms with Gasteiger partial charge in [-0.05, 0) is 36.8 Å². The Balaban J connectivity index is 2.07. The number of hydrogen-bond acceptors (Lipinski definition) is 4. The number of nitrogens with zero attached hydrogens (tertiary/aromatic N) is 1. The summed E-state index contributed by atoms with van der Waals surface area (Å²) in [6, 6.07) is 8.57. The molecule has 0 unspecified atom stereocenters. The Morgan fingerprint density at radius 2 is 2.10 bits per heavy atom. The van der Waals surface area contributed by atoms with Crippen molar-refractivity contribution < 1.29 is 9.53 Å². The first-order chi connectivity index (χ1) is 10.1. The summed E-state index contributed by atoms with van der Waals surface area (Å²) in [5.41, 5.74) is 6.94.